The van der Waals surface area contributed by atoms with Gasteiger partial charge in [0, 0.05) is 24.7 Å². The minimum absolute atomic E-state index is 0.144. The largest absolute Gasteiger partial charge is 0.300 e. The van der Waals surface area contributed by atoms with Gasteiger partial charge in [0.05, 0.1) is 0 Å². The van der Waals surface area contributed by atoms with Crippen LogP contribution in [0.15, 0.2) is 11.6 Å². The third kappa shape index (κ3) is 1.71. The summed E-state index contributed by atoms with van der Waals surface area (Å²) in [6.07, 6.45) is 10.2. The topological polar surface area (TPSA) is 34.1 Å². The highest BCUT2D eigenvalue weighted by Gasteiger charge is 2.57. The lowest BCUT2D eigenvalue weighted by molar-refractivity contribution is -0.133. The molecule has 4 aliphatic rings. The van der Waals surface area contributed by atoms with Gasteiger partial charge in [-0.1, -0.05) is 18.6 Å². The van der Waals surface area contributed by atoms with E-state index in [0.717, 1.165) is 25.7 Å². The molecule has 0 aromatic carbocycles. The molecule has 2 nitrogen and oxygen atoms in total. The highest BCUT2D eigenvalue weighted by atomic mass is 16.1. The molecule has 0 unspecified atom stereocenters. The Bertz CT molecular complexity index is 546. The standard InChI is InChI=1S/C19H26O2/c1-18-9-7-13(20)11-12(18)3-4-14-15-5-6-17(21)19(15,2)10-8-16(14)18/h5,12,14,16H,3-4,6-11H2,1-2H3/t12-,14-,16+,18-,19-/m0/s1. The van der Waals surface area contributed by atoms with E-state index < -0.39 is 0 Å². The molecule has 0 aromatic rings. The molecular weight excluding hydrogens is 260 g/mol. The van der Waals surface area contributed by atoms with Crippen molar-refractivity contribution in [2.75, 3.05) is 0 Å². The number of rotatable bonds is 0. The minimum atomic E-state index is -0.144. The van der Waals surface area contributed by atoms with Gasteiger partial charge in [-0.05, 0) is 62.2 Å². The molecule has 0 amide bonds. The van der Waals surface area contributed by atoms with Crippen molar-refractivity contribution in [1.82, 2.24) is 0 Å². The third-order valence-electron chi connectivity index (χ3n) is 7.62. The monoisotopic (exact) mass is 286 g/mol. The average molecular weight is 286 g/mol. The summed E-state index contributed by atoms with van der Waals surface area (Å²) in [6.45, 7) is 4.63. The Morgan fingerprint density at radius 1 is 1.10 bits per heavy atom. The van der Waals surface area contributed by atoms with Gasteiger partial charge in [0.15, 0.2) is 0 Å². The van der Waals surface area contributed by atoms with Crippen LogP contribution in [-0.4, -0.2) is 11.6 Å². The van der Waals surface area contributed by atoms with Crippen LogP contribution in [0.1, 0.15) is 65.2 Å². The first kappa shape index (κ1) is 13.7. The molecular formula is C19H26O2. The normalized spacial score (nSPS) is 49.2. The van der Waals surface area contributed by atoms with E-state index in [2.05, 4.69) is 19.9 Å². The molecule has 3 fully saturated rings. The molecule has 0 radical (unpaired) electrons. The zero-order chi connectivity index (χ0) is 14.8. The van der Waals surface area contributed by atoms with Crippen LogP contribution in [0.5, 0.6) is 0 Å². The molecule has 0 aliphatic heterocycles. The van der Waals surface area contributed by atoms with Crippen LogP contribution in [0.2, 0.25) is 0 Å². The van der Waals surface area contributed by atoms with Crippen molar-refractivity contribution in [3.8, 4) is 0 Å². The number of hydrogen-bond donors (Lipinski definition) is 0. The van der Waals surface area contributed by atoms with Gasteiger partial charge < -0.3 is 0 Å². The van der Waals surface area contributed by atoms with Gasteiger partial charge in [0.1, 0.15) is 11.6 Å². The Morgan fingerprint density at radius 3 is 2.71 bits per heavy atom. The fraction of sp³-hybridized carbons (Fsp3) is 0.789. The van der Waals surface area contributed by atoms with Crippen LogP contribution in [0, 0.1) is 28.6 Å². The summed E-state index contributed by atoms with van der Waals surface area (Å²) < 4.78 is 0. The van der Waals surface area contributed by atoms with E-state index in [9.17, 15) is 9.59 Å². The average Bonchev–Trinajstić information content (AvgIpc) is 2.76. The van der Waals surface area contributed by atoms with Crippen LogP contribution in [0.25, 0.3) is 0 Å². The first-order valence-electron chi connectivity index (χ1n) is 8.71. The van der Waals surface area contributed by atoms with Crippen LogP contribution < -0.4 is 0 Å². The molecule has 0 N–H and O–H groups in total. The van der Waals surface area contributed by atoms with E-state index in [-0.39, 0.29) is 5.41 Å². The maximum atomic E-state index is 12.3. The quantitative estimate of drug-likeness (QED) is 0.629. The van der Waals surface area contributed by atoms with Crippen molar-refractivity contribution in [2.45, 2.75) is 65.2 Å². The maximum Gasteiger partial charge on any atom is 0.146 e. The van der Waals surface area contributed by atoms with Crippen LogP contribution in [0.4, 0.5) is 0 Å². The van der Waals surface area contributed by atoms with Gasteiger partial charge in [-0.25, -0.2) is 0 Å². The van der Waals surface area contributed by atoms with E-state index in [1.54, 1.807) is 0 Å². The highest BCUT2D eigenvalue weighted by Crippen LogP contribution is 2.63. The summed E-state index contributed by atoms with van der Waals surface area (Å²) in [4.78, 5) is 24.2. The molecule has 3 saturated carbocycles. The number of carbonyl (C=O) groups is 2. The number of ketones is 2. The Kier molecular flexibility index (Phi) is 2.81. The van der Waals surface area contributed by atoms with E-state index in [1.807, 2.05) is 0 Å². The fourth-order valence-corrected chi connectivity index (χ4v) is 6.19. The number of fused-ring (bicyclic) bond motifs is 5. The lowest BCUT2D eigenvalue weighted by Crippen LogP contribution is -2.51. The molecule has 114 valence electrons. The molecule has 21 heavy (non-hydrogen) atoms. The van der Waals surface area contributed by atoms with Crippen molar-refractivity contribution < 1.29 is 9.59 Å². The molecule has 4 aliphatic carbocycles. The third-order valence-corrected chi connectivity index (χ3v) is 7.62. The Labute approximate surface area is 127 Å². The summed E-state index contributed by atoms with van der Waals surface area (Å²) in [7, 11) is 0. The van der Waals surface area contributed by atoms with E-state index >= 15 is 0 Å². The molecule has 0 spiro atoms. The second-order valence-electron chi connectivity index (χ2n) is 8.39. The fourth-order valence-electron chi connectivity index (χ4n) is 6.19. The molecule has 2 heteroatoms. The number of Topliss-reactive ketones (excluding diaryl/α,β-unsaturated/α-hetero) is 2. The predicted octanol–water partition coefficient (Wildman–Crippen LogP) is 4.09. The lowest BCUT2D eigenvalue weighted by Gasteiger charge is -2.57. The summed E-state index contributed by atoms with van der Waals surface area (Å²) >= 11 is 0. The first-order valence-corrected chi connectivity index (χ1v) is 8.71. The van der Waals surface area contributed by atoms with Crippen molar-refractivity contribution in [1.29, 1.82) is 0 Å². The molecule has 0 bridgehead atoms. The molecule has 0 saturated heterocycles. The summed E-state index contributed by atoms with van der Waals surface area (Å²) in [5, 5.41) is 0. The maximum absolute atomic E-state index is 12.3. The Morgan fingerprint density at radius 2 is 1.90 bits per heavy atom. The zero-order valence-corrected chi connectivity index (χ0v) is 13.3. The van der Waals surface area contributed by atoms with Gasteiger partial charge in [-0.15, -0.1) is 0 Å². The molecule has 5 atom stereocenters. The van der Waals surface area contributed by atoms with Gasteiger partial charge in [-0.2, -0.15) is 0 Å². The SMILES string of the molecule is C[C@]12CC[C@@H]3[C@@H](CC[C@H]4CC(=O)CC[C@@]43C)C1=CCC2=O. The molecule has 0 heterocycles. The van der Waals surface area contributed by atoms with Crippen molar-refractivity contribution in [3.63, 3.8) is 0 Å². The Balaban J connectivity index is 1.68. The summed E-state index contributed by atoms with van der Waals surface area (Å²) in [5.74, 6) is 2.84. The van der Waals surface area contributed by atoms with Crippen molar-refractivity contribution in [3.05, 3.63) is 11.6 Å². The van der Waals surface area contributed by atoms with E-state index in [1.165, 1.54) is 24.8 Å². The predicted molar refractivity (Wildman–Crippen MR) is 81.7 cm³/mol. The highest BCUT2D eigenvalue weighted by molar-refractivity contribution is 5.92. The Hall–Kier alpha value is -0.920. The van der Waals surface area contributed by atoms with Crippen LogP contribution >= 0.6 is 0 Å². The van der Waals surface area contributed by atoms with Crippen molar-refractivity contribution >= 4 is 11.6 Å². The number of hydrogen-bond acceptors (Lipinski definition) is 2. The summed E-state index contributed by atoms with van der Waals surface area (Å²) in [6, 6.07) is 0. The van der Waals surface area contributed by atoms with Crippen LogP contribution in [0.3, 0.4) is 0 Å². The van der Waals surface area contributed by atoms with E-state index in [4.69, 9.17) is 0 Å². The second-order valence-corrected chi connectivity index (χ2v) is 8.39. The molecule has 0 aromatic heterocycles. The van der Waals surface area contributed by atoms with Gasteiger partial charge in [0.2, 0.25) is 0 Å². The first-order chi connectivity index (χ1) is 9.95. The van der Waals surface area contributed by atoms with E-state index in [0.29, 0.717) is 41.2 Å². The number of carbonyl (C=O) groups excluding carboxylic acids is 2. The zero-order valence-electron chi connectivity index (χ0n) is 13.3. The number of allylic oxidation sites excluding steroid dienone is 2. The summed E-state index contributed by atoms with van der Waals surface area (Å²) in [5.41, 5.74) is 1.67. The lowest BCUT2D eigenvalue weighted by atomic mass is 9.46. The van der Waals surface area contributed by atoms with Gasteiger partial charge in [-0.3, -0.25) is 9.59 Å². The minimum Gasteiger partial charge on any atom is -0.300 e. The van der Waals surface area contributed by atoms with Gasteiger partial charge in [0.25, 0.3) is 0 Å². The molecule has 4 rings (SSSR count). The van der Waals surface area contributed by atoms with Crippen LogP contribution in [-0.2, 0) is 9.59 Å². The van der Waals surface area contributed by atoms with Gasteiger partial charge >= 0.3 is 0 Å². The smallest absolute Gasteiger partial charge is 0.146 e. The second kappa shape index (κ2) is 4.30. The van der Waals surface area contributed by atoms with Crippen molar-refractivity contribution in [2.24, 2.45) is 28.6 Å².